The third-order valence-electron chi connectivity index (χ3n) is 4.24. The molecule has 0 heterocycles. The Kier molecular flexibility index (Phi) is 5.09. The van der Waals surface area contributed by atoms with E-state index in [-0.39, 0.29) is 22.3 Å². The van der Waals surface area contributed by atoms with Crippen LogP contribution in [0.25, 0.3) is 5.57 Å². The number of ether oxygens (including phenoxy) is 1. The number of hydrogen-bond acceptors (Lipinski definition) is 3. The second kappa shape index (κ2) is 7.28. The summed E-state index contributed by atoms with van der Waals surface area (Å²) in [5, 5.41) is 10.5. The molecular weight excluding hydrogens is 343 g/mol. The van der Waals surface area contributed by atoms with Crippen LogP contribution in [-0.2, 0) is 11.2 Å². The summed E-state index contributed by atoms with van der Waals surface area (Å²) in [6.07, 6.45) is 2.26. The van der Waals surface area contributed by atoms with Crippen molar-refractivity contribution in [2.45, 2.75) is 32.6 Å². The van der Waals surface area contributed by atoms with Crippen molar-refractivity contribution in [3.63, 3.8) is 0 Å². The van der Waals surface area contributed by atoms with E-state index in [4.69, 9.17) is 16.3 Å². The lowest BCUT2D eigenvalue weighted by atomic mass is 9.87. The van der Waals surface area contributed by atoms with Gasteiger partial charge in [0.05, 0.1) is 5.57 Å². The van der Waals surface area contributed by atoms with Gasteiger partial charge in [-0.1, -0.05) is 24.6 Å². The smallest absolute Gasteiger partial charge is 0.167 e. The zero-order chi connectivity index (χ0) is 18.0. The summed E-state index contributed by atoms with van der Waals surface area (Å²) in [7, 11) is 0. The molecule has 1 aliphatic rings. The zero-order valence-electron chi connectivity index (χ0n) is 13.8. The predicted octanol–water partition coefficient (Wildman–Crippen LogP) is 5.86. The average molecular weight is 361 g/mol. The molecule has 0 fully saturated rings. The maximum absolute atomic E-state index is 13.9. The number of aryl methyl sites for hydroxylation is 1. The number of Topliss-reactive ketones (excluding diaryl/α,β-unsaturated/α-hetero) is 1. The van der Waals surface area contributed by atoms with Gasteiger partial charge in [-0.05, 0) is 54.3 Å². The van der Waals surface area contributed by atoms with E-state index >= 15 is 0 Å². The summed E-state index contributed by atoms with van der Waals surface area (Å²) in [6.45, 7) is 1.98. The van der Waals surface area contributed by atoms with Crippen LogP contribution in [0.2, 0.25) is 5.02 Å². The van der Waals surface area contributed by atoms with Gasteiger partial charge in [0.1, 0.15) is 11.5 Å². The summed E-state index contributed by atoms with van der Waals surface area (Å²) in [6, 6.07) is 9.41. The summed E-state index contributed by atoms with van der Waals surface area (Å²) >= 11 is 5.75. The highest BCUT2D eigenvalue weighted by Gasteiger charge is 2.24. The van der Waals surface area contributed by atoms with Crippen molar-refractivity contribution in [1.82, 2.24) is 0 Å². The Morgan fingerprint density at radius 1 is 1.20 bits per heavy atom. The van der Waals surface area contributed by atoms with Crippen molar-refractivity contribution in [1.29, 1.82) is 0 Å². The van der Waals surface area contributed by atoms with Gasteiger partial charge in [-0.2, -0.15) is 0 Å². The van der Waals surface area contributed by atoms with Gasteiger partial charge >= 0.3 is 0 Å². The zero-order valence-corrected chi connectivity index (χ0v) is 14.6. The molecule has 0 radical (unpaired) electrons. The molecule has 3 nitrogen and oxygen atoms in total. The molecule has 0 amide bonds. The molecule has 1 aliphatic carbocycles. The standard InChI is InChI=1S/C20H18ClFO3/c1-2-12-6-8-14(25-19-9-7-13(21)10-16(19)22)11-15(12)20-17(23)4-3-5-18(20)24/h6-11,23H,2-5H2,1H3. The minimum Gasteiger partial charge on any atom is -0.512 e. The van der Waals surface area contributed by atoms with Crippen LogP contribution in [0.15, 0.2) is 42.2 Å². The average Bonchev–Trinajstić information content (AvgIpc) is 2.57. The lowest BCUT2D eigenvalue weighted by molar-refractivity contribution is -0.114. The Bertz CT molecular complexity index is 858. The fourth-order valence-electron chi connectivity index (χ4n) is 2.98. The van der Waals surface area contributed by atoms with Crippen LogP contribution in [0, 0.1) is 5.82 Å². The van der Waals surface area contributed by atoms with E-state index in [1.807, 2.05) is 13.0 Å². The quantitative estimate of drug-likeness (QED) is 0.743. The molecule has 0 spiro atoms. The van der Waals surface area contributed by atoms with Gasteiger partial charge in [0.15, 0.2) is 17.3 Å². The Hall–Kier alpha value is -2.33. The number of carbonyl (C=O) groups is 1. The third kappa shape index (κ3) is 3.69. The first-order chi connectivity index (χ1) is 12.0. The highest BCUT2D eigenvalue weighted by Crippen LogP contribution is 2.34. The molecule has 0 aromatic heterocycles. The molecule has 0 unspecified atom stereocenters. The number of allylic oxidation sites excluding steroid dienone is 2. The lowest BCUT2D eigenvalue weighted by Gasteiger charge is -2.19. The molecule has 0 atom stereocenters. The van der Waals surface area contributed by atoms with Crippen LogP contribution in [0.5, 0.6) is 11.5 Å². The van der Waals surface area contributed by atoms with E-state index in [0.717, 1.165) is 5.56 Å². The van der Waals surface area contributed by atoms with E-state index < -0.39 is 5.82 Å². The van der Waals surface area contributed by atoms with Crippen LogP contribution in [0.3, 0.4) is 0 Å². The Morgan fingerprint density at radius 2 is 2.00 bits per heavy atom. The molecule has 2 aromatic rings. The molecule has 0 saturated heterocycles. The minimum absolute atomic E-state index is 0.0489. The maximum atomic E-state index is 13.9. The van der Waals surface area contributed by atoms with Gasteiger partial charge in [-0.15, -0.1) is 0 Å². The van der Waals surface area contributed by atoms with Crippen molar-refractivity contribution in [3.8, 4) is 11.5 Å². The molecule has 1 N–H and O–H groups in total. The van der Waals surface area contributed by atoms with Crippen LogP contribution in [-0.4, -0.2) is 10.9 Å². The fourth-order valence-corrected chi connectivity index (χ4v) is 3.14. The monoisotopic (exact) mass is 360 g/mol. The van der Waals surface area contributed by atoms with E-state index in [0.29, 0.717) is 42.6 Å². The maximum Gasteiger partial charge on any atom is 0.167 e. The molecule has 130 valence electrons. The van der Waals surface area contributed by atoms with Gasteiger partial charge in [0.25, 0.3) is 0 Å². The Morgan fingerprint density at radius 3 is 2.68 bits per heavy atom. The number of ketones is 1. The minimum atomic E-state index is -0.565. The van der Waals surface area contributed by atoms with Gasteiger partial charge in [-0.25, -0.2) is 4.39 Å². The molecule has 0 saturated carbocycles. The molecule has 0 aliphatic heterocycles. The first kappa shape index (κ1) is 17.5. The number of carbonyl (C=O) groups excluding carboxylic acids is 1. The van der Waals surface area contributed by atoms with Crippen molar-refractivity contribution in [2.75, 3.05) is 0 Å². The third-order valence-corrected chi connectivity index (χ3v) is 4.47. The molecule has 5 heteroatoms. The first-order valence-electron chi connectivity index (χ1n) is 8.21. The lowest BCUT2D eigenvalue weighted by Crippen LogP contribution is -2.12. The number of hydrogen-bond donors (Lipinski definition) is 1. The van der Waals surface area contributed by atoms with Crippen molar-refractivity contribution < 1.29 is 19.0 Å². The first-order valence-corrected chi connectivity index (χ1v) is 8.59. The Labute approximate surface area is 150 Å². The summed E-state index contributed by atoms with van der Waals surface area (Å²) < 4.78 is 19.6. The molecule has 0 bridgehead atoms. The van der Waals surface area contributed by atoms with Gasteiger partial charge in [0, 0.05) is 17.9 Å². The SMILES string of the molecule is CCc1ccc(Oc2ccc(Cl)cc2F)cc1C1=C(O)CCCC1=O. The van der Waals surface area contributed by atoms with Crippen molar-refractivity contribution >= 4 is 23.0 Å². The van der Waals surface area contributed by atoms with E-state index in [1.165, 1.54) is 12.1 Å². The largest absolute Gasteiger partial charge is 0.512 e. The molecular formula is C20H18ClFO3. The van der Waals surface area contributed by atoms with Crippen molar-refractivity contribution in [2.24, 2.45) is 0 Å². The number of rotatable bonds is 4. The van der Waals surface area contributed by atoms with Gasteiger partial charge in [-0.3, -0.25) is 4.79 Å². The van der Waals surface area contributed by atoms with Crippen LogP contribution < -0.4 is 4.74 Å². The molecule has 25 heavy (non-hydrogen) atoms. The summed E-state index contributed by atoms with van der Waals surface area (Å²) in [4.78, 5) is 12.3. The summed E-state index contributed by atoms with van der Waals surface area (Å²) in [5.41, 5.74) is 1.93. The topological polar surface area (TPSA) is 46.5 Å². The summed E-state index contributed by atoms with van der Waals surface area (Å²) in [5.74, 6) is -0.0849. The van der Waals surface area contributed by atoms with Crippen LogP contribution in [0.1, 0.15) is 37.3 Å². The van der Waals surface area contributed by atoms with Crippen LogP contribution in [0.4, 0.5) is 4.39 Å². The second-order valence-corrected chi connectivity index (χ2v) is 6.38. The van der Waals surface area contributed by atoms with E-state index in [9.17, 15) is 14.3 Å². The fraction of sp³-hybridized carbons (Fsp3) is 0.250. The number of benzene rings is 2. The highest BCUT2D eigenvalue weighted by molar-refractivity contribution is 6.30. The van der Waals surface area contributed by atoms with Crippen LogP contribution >= 0.6 is 11.6 Å². The van der Waals surface area contributed by atoms with E-state index in [2.05, 4.69) is 0 Å². The number of aliphatic hydroxyl groups is 1. The van der Waals surface area contributed by atoms with Gasteiger partial charge in [0.2, 0.25) is 0 Å². The molecule has 2 aromatic carbocycles. The van der Waals surface area contributed by atoms with Gasteiger partial charge < -0.3 is 9.84 Å². The van der Waals surface area contributed by atoms with Crippen molar-refractivity contribution in [3.05, 3.63) is 64.1 Å². The highest BCUT2D eigenvalue weighted by atomic mass is 35.5. The normalized spacial score (nSPS) is 14.8. The van der Waals surface area contributed by atoms with E-state index in [1.54, 1.807) is 18.2 Å². The second-order valence-electron chi connectivity index (χ2n) is 5.95. The predicted molar refractivity (Wildman–Crippen MR) is 95.7 cm³/mol. The Balaban J connectivity index is 2.02. The number of halogens is 2. The number of aliphatic hydroxyl groups excluding tert-OH is 1. The molecule has 3 rings (SSSR count).